The van der Waals surface area contributed by atoms with Gasteiger partial charge in [0, 0.05) is 12.4 Å². The van der Waals surface area contributed by atoms with Gasteiger partial charge in [-0.1, -0.05) is 19.9 Å². The van der Waals surface area contributed by atoms with E-state index in [-0.39, 0.29) is 11.5 Å². The van der Waals surface area contributed by atoms with E-state index in [1.807, 2.05) is 26.2 Å². The molecule has 0 saturated carbocycles. The Morgan fingerprint density at radius 3 is 2.57 bits per heavy atom. The molecule has 1 heterocycles. The molecule has 0 fully saturated rings. The van der Waals surface area contributed by atoms with Crippen LogP contribution in [0.3, 0.4) is 0 Å². The van der Waals surface area contributed by atoms with Gasteiger partial charge in [0.2, 0.25) is 0 Å². The molecule has 0 saturated heterocycles. The van der Waals surface area contributed by atoms with E-state index < -0.39 is 0 Å². The van der Waals surface area contributed by atoms with Crippen LogP contribution in [0.2, 0.25) is 0 Å². The third kappa shape index (κ3) is 2.81. The number of aryl methyl sites for hydroxylation is 1. The second-order valence-corrected chi connectivity index (χ2v) is 4.69. The van der Waals surface area contributed by atoms with Crippen LogP contribution in [0.5, 0.6) is 0 Å². The summed E-state index contributed by atoms with van der Waals surface area (Å²) in [6, 6.07) is 2.13. The van der Waals surface area contributed by atoms with Crippen molar-refractivity contribution in [2.75, 3.05) is 0 Å². The number of nitrogens with zero attached hydrogens (tertiary/aromatic N) is 1. The monoisotopic (exact) mass is 193 g/mol. The number of aliphatic hydroxyl groups is 1. The van der Waals surface area contributed by atoms with Crippen LogP contribution in [0.15, 0.2) is 18.5 Å². The summed E-state index contributed by atoms with van der Waals surface area (Å²) >= 11 is 0. The van der Waals surface area contributed by atoms with Crippen molar-refractivity contribution in [3.8, 4) is 0 Å². The van der Waals surface area contributed by atoms with E-state index in [2.05, 4.69) is 24.9 Å². The summed E-state index contributed by atoms with van der Waals surface area (Å²) in [6.45, 7) is 8.13. The first-order valence-electron chi connectivity index (χ1n) is 5.02. The third-order valence-corrected chi connectivity index (χ3v) is 2.46. The number of aliphatic hydroxyl groups excluding tert-OH is 1. The van der Waals surface area contributed by atoms with E-state index >= 15 is 0 Å². The van der Waals surface area contributed by atoms with Gasteiger partial charge in [0.1, 0.15) is 0 Å². The maximum Gasteiger partial charge on any atom is 0.0520 e. The van der Waals surface area contributed by atoms with E-state index in [4.69, 9.17) is 0 Å². The molecule has 0 bridgehead atoms. The molecule has 0 aliphatic rings. The van der Waals surface area contributed by atoms with Crippen molar-refractivity contribution in [1.82, 2.24) is 4.98 Å². The Hall–Kier alpha value is -0.890. The average Bonchev–Trinajstić information content (AvgIpc) is 2.01. The zero-order chi connectivity index (χ0) is 10.8. The fourth-order valence-corrected chi connectivity index (χ4v) is 1.78. The molecular formula is C12H19NO. The van der Waals surface area contributed by atoms with Crippen molar-refractivity contribution < 1.29 is 5.11 Å². The van der Waals surface area contributed by atoms with Gasteiger partial charge in [-0.05, 0) is 36.8 Å². The minimum atomic E-state index is -0.273. The Labute approximate surface area is 86.0 Å². The van der Waals surface area contributed by atoms with Crippen molar-refractivity contribution in [2.24, 2.45) is 0 Å². The van der Waals surface area contributed by atoms with Gasteiger partial charge in [-0.2, -0.15) is 0 Å². The highest BCUT2D eigenvalue weighted by atomic mass is 16.3. The Balaban J connectivity index is 2.91. The fraction of sp³-hybridized carbons (Fsp3) is 0.583. The minimum Gasteiger partial charge on any atom is -0.393 e. The molecule has 0 amide bonds. The predicted octanol–water partition coefficient (Wildman–Crippen LogP) is 2.44. The van der Waals surface area contributed by atoms with Gasteiger partial charge in [-0.3, -0.25) is 4.98 Å². The Morgan fingerprint density at radius 2 is 2.07 bits per heavy atom. The van der Waals surface area contributed by atoms with E-state index in [0.29, 0.717) is 0 Å². The second kappa shape index (κ2) is 4.09. The van der Waals surface area contributed by atoms with Crippen LogP contribution in [0.25, 0.3) is 0 Å². The zero-order valence-corrected chi connectivity index (χ0v) is 9.41. The summed E-state index contributed by atoms with van der Waals surface area (Å²) in [5, 5.41) is 9.40. The fourth-order valence-electron chi connectivity index (χ4n) is 1.78. The second-order valence-electron chi connectivity index (χ2n) is 4.69. The topological polar surface area (TPSA) is 33.1 Å². The van der Waals surface area contributed by atoms with Gasteiger partial charge in [0.05, 0.1) is 6.10 Å². The molecule has 0 radical (unpaired) electrons. The first kappa shape index (κ1) is 11.2. The quantitative estimate of drug-likeness (QED) is 0.799. The van der Waals surface area contributed by atoms with Gasteiger partial charge in [-0.25, -0.2) is 0 Å². The van der Waals surface area contributed by atoms with Crippen LogP contribution in [-0.4, -0.2) is 16.2 Å². The molecule has 14 heavy (non-hydrogen) atoms. The van der Waals surface area contributed by atoms with Crippen LogP contribution < -0.4 is 0 Å². The number of rotatable bonds is 3. The lowest BCUT2D eigenvalue weighted by Gasteiger charge is -2.26. The molecule has 0 aromatic carbocycles. The third-order valence-electron chi connectivity index (χ3n) is 2.46. The van der Waals surface area contributed by atoms with Gasteiger partial charge >= 0.3 is 0 Å². The first-order chi connectivity index (χ1) is 6.42. The molecular weight excluding hydrogens is 174 g/mol. The number of hydrogen-bond acceptors (Lipinski definition) is 2. The van der Waals surface area contributed by atoms with Crippen LogP contribution in [0, 0.1) is 6.92 Å². The summed E-state index contributed by atoms with van der Waals surface area (Å²) in [4.78, 5) is 4.18. The molecule has 0 aliphatic heterocycles. The minimum absolute atomic E-state index is 0.00676. The summed E-state index contributed by atoms with van der Waals surface area (Å²) < 4.78 is 0. The van der Waals surface area contributed by atoms with Crippen molar-refractivity contribution in [2.45, 2.75) is 45.6 Å². The van der Waals surface area contributed by atoms with Gasteiger partial charge < -0.3 is 5.11 Å². The van der Waals surface area contributed by atoms with Crippen molar-refractivity contribution in [1.29, 1.82) is 0 Å². The zero-order valence-electron chi connectivity index (χ0n) is 9.41. The lowest BCUT2D eigenvalue weighted by molar-refractivity contribution is 0.156. The Bertz CT molecular complexity index is 305. The van der Waals surface area contributed by atoms with Crippen LogP contribution >= 0.6 is 0 Å². The standard InChI is InChI=1S/C12H19NO/c1-9-5-11(8-13-7-9)12(3,4)6-10(2)14/h5,7-8,10,14H,6H2,1-4H3. The molecule has 1 aromatic heterocycles. The maximum atomic E-state index is 9.40. The molecule has 2 heteroatoms. The van der Waals surface area contributed by atoms with Gasteiger partial charge in [0.15, 0.2) is 0 Å². The van der Waals surface area contributed by atoms with Crippen molar-refractivity contribution in [3.63, 3.8) is 0 Å². The van der Waals surface area contributed by atoms with E-state index in [0.717, 1.165) is 6.42 Å². The first-order valence-corrected chi connectivity index (χ1v) is 5.02. The highest BCUT2D eigenvalue weighted by Gasteiger charge is 2.22. The lowest BCUT2D eigenvalue weighted by atomic mass is 9.80. The predicted molar refractivity (Wildman–Crippen MR) is 58.3 cm³/mol. The Morgan fingerprint density at radius 1 is 1.43 bits per heavy atom. The lowest BCUT2D eigenvalue weighted by Crippen LogP contribution is -2.23. The molecule has 1 atom stereocenters. The summed E-state index contributed by atoms with van der Waals surface area (Å²) in [7, 11) is 0. The number of pyridine rings is 1. The van der Waals surface area contributed by atoms with E-state index in [9.17, 15) is 5.11 Å². The molecule has 1 unspecified atom stereocenters. The molecule has 0 spiro atoms. The Kier molecular flexibility index (Phi) is 3.27. The summed E-state index contributed by atoms with van der Waals surface area (Å²) in [5.74, 6) is 0. The van der Waals surface area contributed by atoms with Crippen molar-refractivity contribution >= 4 is 0 Å². The average molecular weight is 193 g/mol. The number of aromatic nitrogens is 1. The van der Waals surface area contributed by atoms with Gasteiger partial charge in [-0.15, -0.1) is 0 Å². The molecule has 2 nitrogen and oxygen atoms in total. The van der Waals surface area contributed by atoms with E-state index in [1.54, 1.807) is 0 Å². The summed E-state index contributed by atoms with van der Waals surface area (Å²) in [5.41, 5.74) is 2.35. The normalized spacial score (nSPS) is 14.1. The smallest absolute Gasteiger partial charge is 0.0520 e. The van der Waals surface area contributed by atoms with Crippen LogP contribution in [0.1, 0.15) is 38.3 Å². The molecule has 78 valence electrons. The molecule has 1 aromatic rings. The SMILES string of the molecule is Cc1cncc(C(C)(C)CC(C)O)c1. The van der Waals surface area contributed by atoms with E-state index in [1.165, 1.54) is 11.1 Å². The van der Waals surface area contributed by atoms with Crippen LogP contribution in [0.4, 0.5) is 0 Å². The van der Waals surface area contributed by atoms with Crippen LogP contribution in [-0.2, 0) is 5.41 Å². The molecule has 0 aliphatic carbocycles. The highest BCUT2D eigenvalue weighted by molar-refractivity contribution is 5.24. The van der Waals surface area contributed by atoms with Gasteiger partial charge in [0.25, 0.3) is 0 Å². The maximum absolute atomic E-state index is 9.40. The molecule has 1 rings (SSSR count). The highest BCUT2D eigenvalue weighted by Crippen LogP contribution is 2.28. The number of hydrogen-bond donors (Lipinski definition) is 1. The molecule has 1 N–H and O–H groups in total. The van der Waals surface area contributed by atoms with Crippen molar-refractivity contribution in [3.05, 3.63) is 29.6 Å². The summed E-state index contributed by atoms with van der Waals surface area (Å²) in [6.07, 6.45) is 4.22. The largest absolute Gasteiger partial charge is 0.393 e.